The lowest BCUT2D eigenvalue weighted by molar-refractivity contribution is -0.114. The van der Waals surface area contributed by atoms with Gasteiger partial charge >= 0.3 is 0 Å². The molecule has 1 aliphatic heterocycles. The maximum absolute atomic E-state index is 12.3. The zero-order chi connectivity index (χ0) is 22.3. The summed E-state index contributed by atoms with van der Waals surface area (Å²) in [5.41, 5.74) is 2.38. The fourth-order valence-electron chi connectivity index (χ4n) is 3.95. The molecule has 3 aromatic rings. The summed E-state index contributed by atoms with van der Waals surface area (Å²) in [7, 11) is 0. The second-order valence-electron chi connectivity index (χ2n) is 8.06. The van der Waals surface area contributed by atoms with Crippen molar-refractivity contribution in [3.05, 3.63) is 54.1 Å². The predicted octanol–water partition coefficient (Wildman–Crippen LogP) is 3.59. The zero-order valence-corrected chi connectivity index (χ0v) is 19.2. The number of fused-ring (bicyclic) bond motifs is 1. The van der Waals surface area contributed by atoms with Crippen LogP contribution in [0.1, 0.15) is 30.1 Å². The SMILES string of the molecule is CC(=O)Nc1ccc(C(=O)NCCCCN2CCN(c3snc4ccccc34)CC2)cc1. The van der Waals surface area contributed by atoms with Crippen LogP contribution in [-0.4, -0.2) is 60.4 Å². The number of carbonyl (C=O) groups is 2. The zero-order valence-electron chi connectivity index (χ0n) is 18.3. The van der Waals surface area contributed by atoms with Gasteiger partial charge in [-0.05, 0) is 67.3 Å². The standard InChI is InChI=1S/C24H29N5O2S/c1-18(30)26-20-10-8-19(9-11-20)23(31)25-12-4-5-13-28-14-16-29(17-15-28)24-21-6-2-3-7-22(21)27-32-24/h2-3,6-11H,4-5,12-17H2,1H3,(H,25,31)(H,26,30). The van der Waals surface area contributed by atoms with E-state index in [1.165, 1.54) is 17.3 Å². The van der Waals surface area contributed by atoms with Gasteiger partial charge in [0.1, 0.15) is 5.00 Å². The van der Waals surface area contributed by atoms with E-state index in [2.05, 4.69) is 43.0 Å². The van der Waals surface area contributed by atoms with Gasteiger partial charge < -0.3 is 15.5 Å². The summed E-state index contributed by atoms with van der Waals surface area (Å²) in [6.07, 6.45) is 2.01. The fraction of sp³-hybridized carbons (Fsp3) is 0.375. The molecular weight excluding hydrogens is 422 g/mol. The van der Waals surface area contributed by atoms with Crippen molar-refractivity contribution >= 4 is 44.9 Å². The summed E-state index contributed by atoms with van der Waals surface area (Å²) in [5, 5.41) is 8.22. The molecule has 0 unspecified atom stereocenters. The summed E-state index contributed by atoms with van der Waals surface area (Å²) in [6, 6.07) is 15.3. The molecule has 1 aromatic heterocycles. The highest BCUT2D eigenvalue weighted by atomic mass is 32.1. The van der Waals surface area contributed by atoms with Gasteiger partial charge in [0, 0.05) is 56.3 Å². The van der Waals surface area contributed by atoms with E-state index in [9.17, 15) is 9.59 Å². The van der Waals surface area contributed by atoms with Crippen molar-refractivity contribution in [1.29, 1.82) is 0 Å². The molecule has 0 atom stereocenters. The van der Waals surface area contributed by atoms with Crippen molar-refractivity contribution in [1.82, 2.24) is 14.6 Å². The summed E-state index contributed by atoms with van der Waals surface area (Å²) in [6.45, 7) is 7.34. The molecule has 1 saturated heterocycles. The Balaban J connectivity index is 1.13. The molecule has 0 spiro atoms. The lowest BCUT2D eigenvalue weighted by atomic mass is 10.2. The van der Waals surface area contributed by atoms with Crippen LogP contribution in [0.15, 0.2) is 48.5 Å². The maximum Gasteiger partial charge on any atom is 0.251 e. The van der Waals surface area contributed by atoms with Crippen LogP contribution >= 0.6 is 11.5 Å². The predicted molar refractivity (Wildman–Crippen MR) is 131 cm³/mol. The summed E-state index contributed by atoms with van der Waals surface area (Å²) in [5.74, 6) is -0.203. The Labute approximate surface area is 192 Å². The van der Waals surface area contributed by atoms with Crippen LogP contribution in [0.5, 0.6) is 0 Å². The lowest BCUT2D eigenvalue weighted by Gasteiger charge is -2.35. The molecule has 2 heterocycles. The van der Waals surface area contributed by atoms with Crippen LogP contribution in [0.3, 0.4) is 0 Å². The van der Waals surface area contributed by atoms with Crippen molar-refractivity contribution in [2.24, 2.45) is 0 Å². The molecule has 2 amide bonds. The molecule has 32 heavy (non-hydrogen) atoms. The van der Waals surface area contributed by atoms with Crippen molar-refractivity contribution in [2.45, 2.75) is 19.8 Å². The number of hydrogen-bond acceptors (Lipinski definition) is 6. The first-order chi connectivity index (χ1) is 15.6. The Morgan fingerprint density at radius 2 is 1.75 bits per heavy atom. The second-order valence-corrected chi connectivity index (χ2v) is 8.81. The largest absolute Gasteiger partial charge is 0.359 e. The highest BCUT2D eigenvalue weighted by molar-refractivity contribution is 7.11. The number of amides is 2. The molecule has 4 rings (SSSR count). The van der Waals surface area contributed by atoms with Gasteiger partial charge in [-0.3, -0.25) is 14.5 Å². The van der Waals surface area contributed by atoms with Crippen molar-refractivity contribution in [3.8, 4) is 0 Å². The van der Waals surface area contributed by atoms with Crippen LogP contribution in [0.4, 0.5) is 10.7 Å². The molecule has 168 valence electrons. The average molecular weight is 452 g/mol. The highest BCUT2D eigenvalue weighted by Gasteiger charge is 2.20. The summed E-state index contributed by atoms with van der Waals surface area (Å²) < 4.78 is 4.57. The number of unbranched alkanes of at least 4 members (excludes halogenated alkanes) is 1. The number of anilines is 2. The summed E-state index contributed by atoms with van der Waals surface area (Å²) in [4.78, 5) is 28.3. The highest BCUT2D eigenvalue weighted by Crippen LogP contribution is 2.31. The Kier molecular flexibility index (Phi) is 7.34. The molecule has 0 saturated carbocycles. The van der Waals surface area contributed by atoms with Crippen LogP contribution < -0.4 is 15.5 Å². The van der Waals surface area contributed by atoms with E-state index >= 15 is 0 Å². The van der Waals surface area contributed by atoms with Gasteiger partial charge in [0.25, 0.3) is 5.91 Å². The number of rotatable bonds is 8. The fourth-order valence-corrected chi connectivity index (χ4v) is 4.86. The number of nitrogens with zero attached hydrogens (tertiary/aromatic N) is 3. The van der Waals surface area contributed by atoms with Gasteiger partial charge in [0.15, 0.2) is 0 Å². The van der Waals surface area contributed by atoms with Crippen LogP contribution in [0.2, 0.25) is 0 Å². The van der Waals surface area contributed by atoms with Crippen LogP contribution in [0.25, 0.3) is 10.9 Å². The molecule has 1 aliphatic rings. The third-order valence-corrected chi connectivity index (χ3v) is 6.62. The van der Waals surface area contributed by atoms with Crippen molar-refractivity contribution < 1.29 is 9.59 Å². The molecule has 0 radical (unpaired) electrons. The molecule has 7 nitrogen and oxygen atoms in total. The van der Waals surface area contributed by atoms with Gasteiger partial charge in [0.05, 0.1) is 5.52 Å². The van der Waals surface area contributed by atoms with E-state index in [4.69, 9.17) is 0 Å². The first kappa shape index (κ1) is 22.2. The van der Waals surface area contributed by atoms with Crippen molar-refractivity contribution in [3.63, 3.8) is 0 Å². The van der Waals surface area contributed by atoms with Gasteiger partial charge in [-0.2, -0.15) is 4.37 Å². The molecular formula is C24H29N5O2S. The minimum absolute atomic E-state index is 0.0789. The summed E-state index contributed by atoms with van der Waals surface area (Å²) >= 11 is 1.60. The Morgan fingerprint density at radius 3 is 2.50 bits per heavy atom. The number of nitrogens with one attached hydrogen (secondary N) is 2. The van der Waals surface area contributed by atoms with Crippen LogP contribution in [0, 0.1) is 0 Å². The first-order valence-electron chi connectivity index (χ1n) is 11.1. The Bertz CT molecular complexity index is 1060. The monoisotopic (exact) mass is 451 g/mol. The second kappa shape index (κ2) is 10.6. The first-order valence-corrected chi connectivity index (χ1v) is 11.8. The third-order valence-electron chi connectivity index (χ3n) is 5.68. The molecule has 8 heteroatoms. The van der Waals surface area contributed by atoms with Gasteiger partial charge in [0.2, 0.25) is 5.91 Å². The third kappa shape index (κ3) is 5.63. The minimum Gasteiger partial charge on any atom is -0.359 e. The average Bonchev–Trinajstić information content (AvgIpc) is 3.23. The van der Waals surface area contributed by atoms with E-state index in [1.807, 2.05) is 6.07 Å². The van der Waals surface area contributed by atoms with E-state index in [0.717, 1.165) is 51.1 Å². The molecule has 0 bridgehead atoms. The lowest BCUT2D eigenvalue weighted by Crippen LogP contribution is -2.46. The maximum atomic E-state index is 12.3. The Morgan fingerprint density at radius 1 is 1.00 bits per heavy atom. The van der Waals surface area contributed by atoms with Crippen molar-refractivity contribution in [2.75, 3.05) is 49.5 Å². The van der Waals surface area contributed by atoms with E-state index < -0.39 is 0 Å². The van der Waals surface area contributed by atoms with Gasteiger partial charge in [-0.25, -0.2) is 0 Å². The molecule has 2 N–H and O–H groups in total. The number of benzene rings is 2. The quantitative estimate of drug-likeness (QED) is 0.512. The molecule has 1 fully saturated rings. The van der Waals surface area contributed by atoms with Gasteiger partial charge in [-0.1, -0.05) is 12.1 Å². The normalized spacial score (nSPS) is 14.5. The smallest absolute Gasteiger partial charge is 0.251 e. The van der Waals surface area contributed by atoms with E-state index in [-0.39, 0.29) is 11.8 Å². The van der Waals surface area contributed by atoms with E-state index in [0.29, 0.717) is 17.8 Å². The number of piperazine rings is 1. The topological polar surface area (TPSA) is 77.6 Å². The number of carbonyl (C=O) groups excluding carboxylic acids is 2. The minimum atomic E-state index is -0.124. The Hall–Kier alpha value is -2.97. The number of hydrogen-bond donors (Lipinski definition) is 2. The molecule has 2 aromatic carbocycles. The molecule has 0 aliphatic carbocycles. The van der Waals surface area contributed by atoms with Crippen LogP contribution in [-0.2, 0) is 4.79 Å². The van der Waals surface area contributed by atoms with E-state index in [1.54, 1.807) is 35.8 Å². The van der Waals surface area contributed by atoms with Gasteiger partial charge in [-0.15, -0.1) is 0 Å². The number of aromatic nitrogens is 1.